The predicted octanol–water partition coefficient (Wildman–Crippen LogP) is 2.31. The molecular weight excluding hydrogens is 348 g/mol. The van der Waals surface area contributed by atoms with Crippen LogP contribution in [0.1, 0.15) is 11.7 Å². The number of hydrogen-bond donors (Lipinski definition) is 1. The molecule has 0 bridgehead atoms. The zero-order valence-corrected chi connectivity index (χ0v) is 12.7. The van der Waals surface area contributed by atoms with E-state index in [0.29, 0.717) is 6.07 Å². The molecule has 2 aromatic carbocycles. The predicted molar refractivity (Wildman–Crippen MR) is 77.6 cm³/mol. The summed E-state index contributed by atoms with van der Waals surface area (Å²) in [7, 11) is -4.56. The fraction of sp³-hybridized carbons (Fsp3) is 0.143. The highest BCUT2D eigenvalue weighted by atomic mass is 32.2. The molecule has 0 aliphatic carbocycles. The van der Waals surface area contributed by atoms with Crippen LogP contribution in [-0.4, -0.2) is 25.1 Å². The van der Waals surface area contributed by atoms with Gasteiger partial charge in [-0.1, -0.05) is 18.2 Å². The zero-order valence-electron chi connectivity index (χ0n) is 11.9. The standard InChI is InChI=1S/C14H11F2NO6S/c15-9-5-6-10(11(16)7-9)13(18)8-23-24(21,22)14-4-2-1-3-12(14)17(19)20/h1-7,13,18H,8H2. The minimum atomic E-state index is -4.56. The maximum absolute atomic E-state index is 13.5. The van der Waals surface area contributed by atoms with Gasteiger partial charge in [-0.25, -0.2) is 8.78 Å². The summed E-state index contributed by atoms with van der Waals surface area (Å²) in [5.74, 6) is -1.94. The number of halogens is 2. The monoisotopic (exact) mass is 359 g/mol. The first-order valence-electron chi connectivity index (χ1n) is 6.48. The number of benzene rings is 2. The third-order valence-electron chi connectivity index (χ3n) is 3.03. The Bertz CT molecular complexity index is 871. The fourth-order valence-electron chi connectivity index (χ4n) is 1.90. The Morgan fingerprint density at radius 3 is 2.50 bits per heavy atom. The summed E-state index contributed by atoms with van der Waals surface area (Å²) in [6, 6.07) is 6.84. The molecule has 0 saturated carbocycles. The molecule has 0 aliphatic rings. The van der Waals surface area contributed by atoms with Crippen molar-refractivity contribution < 1.29 is 31.4 Å². The van der Waals surface area contributed by atoms with Crippen molar-refractivity contribution in [3.8, 4) is 0 Å². The zero-order chi connectivity index (χ0) is 17.9. The summed E-state index contributed by atoms with van der Waals surface area (Å²) >= 11 is 0. The fourth-order valence-corrected chi connectivity index (χ4v) is 2.98. The van der Waals surface area contributed by atoms with Crippen molar-refractivity contribution in [2.75, 3.05) is 6.61 Å². The van der Waals surface area contributed by atoms with Crippen LogP contribution < -0.4 is 0 Å². The molecule has 0 fully saturated rings. The second-order valence-electron chi connectivity index (χ2n) is 4.65. The molecule has 0 heterocycles. The van der Waals surface area contributed by atoms with E-state index in [1.165, 1.54) is 12.1 Å². The number of nitro groups is 1. The minimum Gasteiger partial charge on any atom is -0.386 e. The van der Waals surface area contributed by atoms with Crippen molar-refractivity contribution in [3.63, 3.8) is 0 Å². The average molecular weight is 359 g/mol. The Morgan fingerprint density at radius 2 is 1.88 bits per heavy atom. The average Bonchev–Trinajstić information content (AvgIpc) is 2.52. The van der Waals surface area contributed by atoms with Gasteiger partial charge in [0.25, 0.3) is 5.69 Å². The van der Waals surface area contributed by atoms with E-state index in [-0.39, 0.29) is 5.56 Å². The molecule has 1 atom stereocenters. The van der Waals surface area contributed by atoms with Crippen molar-refractivity contribution in [1.82, 2.24) is 0 Å². The molecule has 1 unspecified atom stereocenters. The number of hydrogen-bond acceptors (Lipinski definition) is 6. The van der Waals surface area contributed by atoms with Crippen LogP contribution in [0, 0.1) is 21.7 Å². The second-order valence-corrected chi connectivity index (χ2v) is 6.23. The van der Waals surface area contributed by atoms with Crippen molar-refractivity contribution >= 4 is 15.8 Å². The van der Waals surface area contributed by atoms with Crippen LogP contribution in [0.4, 0.5) is 14.5 Å². The molecule has 128 valence electrons. The Hall–Kier alpha value is -2.43. The summed E-state index contributed by atoms with van der Waals surface area (Å²) < 4.78 is 55.0. The van der Waals surface area contributed by atoms with Crippen LogP contribution in [0.15, 0.2) is 47.4 Å². The Labute approximate surface area is 135 Å². The molecule has 7 nitrogen and oxygen atoms in total. The summed E-state index contributed by atoms with van der Waals surface area (Å²) in [5.41, 5.74) is -1.06. The maximum atomic E-state index is 13.5. The van der Waals surface area contributed by atoms with Gasteiger partial charge in [0.05, 0.1) is 11.5 Å². The maximum Gasteiger partial charge on any atom is 0.303 e. The number of rotatable bonds is 6. The lowest BCUT2D eigenvalue weighted by molar-refractivity contribution is -0.387. The lowest BCUT2D eigenvalue weighted by Gasteiger charge is -2.12. The normalized spacial score (nSPS) is 12.8. The van der Waals surface area contributed by atoms with Gasteiger partial charge in [-0.05, 0) is 12.1 Å². The van der Waals surface area contributed by atoms with Gasteiger partial charge in [0, 0.05) is 17.7 Å². The van der Waals surface area contributed by atoms with Crippen molar-refractivity contribution in [2.45, 2.75) is 11.0 Å². The molecule has 2 rings (SSSR count). The van der Waals surface area contributed by atoms with Crippen molar-refractivity contribution in [1.29, 1.82) is 0 Å². The molecule has 0 saturated heterocycles. The number of nitro benzene ring substituents is 1. The minimum absolute atomic E-state index is 0.367. The van der Waals surface area contributed by atoms with Crippen LogP contribution >= 0.6 is 0 Å². The van der Waals surface area contributed by atoms with Gasteiger partial charge in [-0.2, -0.15) is 8.42 Å². The molecule has 0 amide bonds. The Morgan fingerprint density at radius 1 is 1.21 bits per heavy atom. The topological polar surface area (TPSA) is 107 Å². The van der Waals surface area contributed by atoms with Crippen LogP contribution in [-0.2, 0) is 14.3 Å². The van der Waals surface area contributed by atoms with E-state index in [1.807, 2.05) is 0 Å². The van der Waals surface area contributed by atoms with Gasteiger partial charge in [0.2, 0.25) is 0 Å². The highest BCUT2D eigenvalue weighted by Gasteiger charge is 2.27. The molecule has 1 N–H and O–H groups in total. The molecular formula is C14H11F2NO6S. The van der Waals surface area contributed by atoms with E-state index in [4.69, 9.17) is 0 Å². The lowest BCUT2D eigenvalue weighted by Crippen LogP contribution is -2.15. The molecule has 0 radical (unpaired) electrons. The van der Waals surface area contributed by atoms with Crippen LogP contribution in [0.25, 0.3) is 0 Å². The smallest absolute Gasteiger partial charge is 0.303 e. The van der Waals surface area contributed by atoms with E-state index in [0.717, 1.165) is 24.3 Å². The number of aliphatic hydroxyl groups excluding tert-OH is 1. The van der Waals surface area contributed by atoms with E-state index >= 15 is 0 Å². The molecule has 0 aromatic heterocycles. The molecule has 2 aromatic rings. The van der Waals surface area contributed by atoms with E-state index < -0.39 is 50.0 Å². The summed E-state index contributed by atoms with van der Waals surface area (Å²) in [6.07, 6.45) is -1.71. The second kappa shape index (κ2) is 6.99. The number of nitrogens with zero attached hydrogens (tertiary/aromatic N) is 1. The third-order valence-corrected chi connectivity index (χ3v) is 4.36. The first-order chi connectivity index (χ1) is 11.2. The van der Waals surface area contributed by atoms with Gasteiger partial charge < -0.3 is 5.11 Å². The van der Waals surface area contributed by atoms with Crippen molar-refractivity contribution in [3.05, 3.63) is 69.8 Å². The molecule has 0 spiro atoms. The largest absolute Gasteiger partial charge is 0.386 e. The van der Waals surface area contributed by atoms with E-state index in [1.54, 1.807) is 0 Å². The number of para-hydroxylation sites is 1. The summed E-state index contributed by atoms with van der Waals surface area (Å²) in [4.78, 5) is 9.27. The summed E-state index contributed by atoms with van der Waals surface area (Å²) in [5, 5.41) is 20.7. The highest BCUT2D eigenvalue weighted by molar-refractivity contribution is 7.87. The lowest BCUT2D eigenvalue weighted by atomic mass is 10.1. The summed E-state index contributed by atoms with van der Waals surface area (Å²) in [6.45, 7) is -0.892. The van der Waals surface area contributed by atoms with Crippen LogP contribution in [0.3, 0.4) is 0 Å². The van der Waals surface area contributed by atoms with E-state index in [9.17, 15) is 32.4 Å². The SMILES string of the molecule is O=[N+]([O-])c1ccccc1S(=O)(=O)OCC(O)c1ccc(F)cc1F. The molecule has 24 heavy (non-hydrogen) atoms. The molecule has 10 heteroatoms. The first kappa shape index (κ1) is 17.9. The van der Waals surface area contributed by atoms with Gasteiger partial charge >= 0.3 is 10.1 Å². The van der Waals surface area contributed by atoms with Crippen LogP contribution in [0.5, 0.6) is 0 Å². The quantitative estimate of drug-likeness (QED) is 0.482. The van der Waals surface area contributed by atoms with E-state index in [2.05, 4.69) is 4.18 Å². The van der Waals surface area contributed by atoms with Gasteiger partial charge in [0.1, 0.15) is 17.7 Å². The number of aliphatic hydroxyl groups is 1. The highest BCUT2D eigenvalue weighted by Crippen LogP contribution is 2.26. The third kappa shape index (κ3) is 3.91. The van der Waals surface area contributed by atoms with Gasteiger partial charge in [-0.15, -0.1) is 0 Å². The Balaban J connectivity index is 2.20. The van der Waals surface area contributed by atoms with Gasteiger partial charge in [0.15, 0.2) is 4.90 Å². The van der Waals surface area contributed by atoms with Gasteiger partial charge in [-0.3, -0.25) is 14.3 Å². The molecule has 0 aliphatic heterocycles. The Kier molecular flexibility index (Phi) is 5.22. The van der Waals surface area contributed by atoms with Crippen LogP contribution in [0.2, 0.25) is 0 Å². The van der Waals surface area contributed by atoms with Crippen molar-refractivity contribution in [2.24, 2.45) is 0 Å². The first-order valence-corrected chi connectivity index (χ1v) is 7.89.